The van der Waals surface area contributed by atoms with Gasteiger partial charge in [-0.15, -0.1) is 0 Å². The van der Waals surface area contributed by atoms with Gasteiger partial charge < -0.3 is 5.32 Å². The van der Waals surface area contributed by atoms with Gasteiger partial charge in [0, 0.05) is 29.1 Å². The van der Waals surface area contributed by atoms with Gasteiger partial charge in [-0.25, -0.2) is 4.99 Å². The molecule has 6 nitrogen and oxygen atoms in total. The van der Waals surface area contributed by atoms with Gasteiger partial charge in [-0.05, 0) is 64.8 Å². The number of benzene rings is 2. The van der Waals surface area contributed by atoms with Crippen molar-refractivity contribution in [2.75, 3.05) is 5.32 Å². The first-order chi connectivity index (χ1) is 14.8. The molecule has 0 spiro atoms. The molecule has 2 aromatic carbocycles. The first-order valence-corrected chi connectivity index (χ1v) is 10.6. The minimum Gasteiger partial charge on any atom is -0.326 e. The maximum absolute atomic E-state index is 13.0. The fourth-order valence-electron chi connectivity index (χ4n) is 3.62. The molecule has 0 aliphatic rings. The van der Waals surface area contributed by atoms with Crippen LogP contribution in [0.5, 0.6) is 0 Å². The molecule has 0 saturated carbocycles. The van der Waals surface area contributed by atoms with Gasteiger partial charge in [-0.2, -0.15) is 5.10 Å². The average Bonchev–Trinajstić information content (AvgIpc) is 3.01. The lowest BCUT2D eigenvalue weighted by Gasteiger charge is -2.15. The molecule has 6 heteroatoms. The van der Waals surface area contributed by atoms with Gasteiger partial charge in [0.05, 0.1) is 12.2 Å². The van der Waals surface area contributed by atoms with Crippen molar-refractivity contribution in [2.45, 2.75) is 54.6 Å². The highest BCUT2D eigenvalue weighted by atomic mass is 16.1. The lowest BCUT2D eigenvalue weighted by Crippen LogP contribution is -2.36. The lowest BCUT2D eigenvalue weighted by atomic mass is 10.1. The van der Waals surface area contributed by atoms with Crippen molar-refractivity contribution in [3.8, 4) is 0 Å². The predicted molar refractivity (Wildman–Crippen MR) is 127 cm³/mol. The molecule has 3 aromatic rings. The van der Waals surface area contributed by atoms with E-state index in [9.17, 15) is 4.79 Å². The van der Waals surface area contributed by atoms with Gasteiger partial charge in [0.25, 0.3) is 5.91 Å². The van der Waals surface area contributed by atoms with Crippen LogP contribution < -0.4 is 10.6 Å². The minimum absolute atomic E-state index is 0.188. The quantitative estimate of drug-likeness (QED) is 0.461. The van der Waals surface area contributed by atoms with E-state index in [1.54, 1.807) is 0 Å². The number of rotatable bonds is 5. The molecule has 0 atom stereocenters. The molecule has 3 rings (SSSR count). The summed E-state index contributed by atoms with van der Waals surface area (Å²) in [5, 5.41) is 10.9. The Morgan fingerprint density at radius 1 is 1.03 bits per heavy atom. The Hall–Kier alpha value is -3.41. The third kappa shape index (κ3) is 5.20. The largest absolute Gasteiger partial charge is 0.326 e. The number of aryl methyl sites for hydroxylation is 5. The van der Waals surface area contributed by atoms with Crippen LogP contribution in [0.15, 0.2) is 47.5 Å². The number of hydrogen-bond acceptors (Lipinski definition) is 3. The van der Waals surface area contributed by atoms with Crippen LogP contribution in [-0.2, 0) is 13.1 Å². The van der Waals surface area contributed by atoms with Gasteiger partial charge in [-0.1, -0.05) is 35.9 Å². The zero-order valence-corrected chi connectivity index (χ0v) is 19.2. The van der Waals surface area contributed by atoms with E-state index < -0.39 is 0 Å². The van der Waals surface area contributed by atoms with E-state index in [2.05, 4.69) is 42.6 Å². The predicted octanol–water partition coefficient (Wildman–Crippen LogP) is 4.84. The van der Waals surface area contributed by atoms with Crippen molar-refractivity contribution < 1.29 is 4.79 Å². The smallest absolute Gasteiger partial charge is 0.258 e. The molecule has 0 unspecified atom stereocenters. The number of carbonyl (C=O) groups excluding carboxylic acids is 1. The van der Waals surface area contributed by atoms with Crippen LogP contribution in [0, 0.1) is 34.6 Å². The second kappa shape index (κ2) is 9.60. The number of guanidine groups is 1. The van der Waals surface area contributed by atoms with Gasteiger partial charge in [0.15, 0.2) is 0 Å². The van der Waals surface area contributed by atoms with Crippen LogP contribution in [0.3, 0.4) is 0 Å². The molecular formula is C25H31N5O. The molecule has 0 bridgehead atoms. The molecule has 0 aliphatic carbocycles. The number of amides is 1. The van der Waals surface area contributed by atoms with E-state index in [4.69, 9.17) is 4.99 Å². The number of anilines is 1. The number of aromatic nitrogens is 2. The number of nitrogens with zero attached hydrogens (tertiary/aromatic N) is 3. The average molecular weight is 418 g/mol. The molecule has 0 radical (unpaired) electrons. The van der Waals surface area contributed by atoms with E-state index in [0.717, 1.165) is 40.3 Å². The maximum atomic E-state index is 13.0. The topological polar surface area (TPSA) is 71.3 Å². The van der Waals surface area contributed by atoms with E-state index in [0.29, 0.717) is 18.1 Å². The summed E-state index contributed by atoms with van der Waals surface area (Å²) in [6.45, 7) is 13.4. The van der Waals surface area contributed by atoms with Crippen LogP contribution in [0.1, 0.15) is 50.9 Å². The van der Waals surface area contributed by atoms with Gasteiger partial charge in [0.1, 0.15) is 0 Å². The highest BCUT2D eigenvalue weighted by Gasteiger charge is 2.14. The third-order valence-corrected chi connectivity index (χ3v) is 5.48. The van der Waals surface area contributed by atoms with Gasteiger partial charge in [-0.3, -0.25) is 14.8 Å². The highest BCUT2D eigenvalue weighted by Crippen LogP contribution is 2.17. The SMILES string of the molecule is CCn1nc(C)c(CN=C(NC(=O)c2ccccc2C)Nc2ccc(C)cc2C)c1C. The van der Waals surface area contributed by atoms with Gasteiger partial charge >= 0.3 is 0 Å². The maximum Gasteiger partial charge on any atom is 0.258 e. The van der Waals surface area contributed by atoms with E-state index >= 15 is 0 Å². The Kier molecular flexibility index (Phi) is 6.90. The van der Waals surface area contributed by atoms with E-state index in [-0.39, 0.29) is 5.91 Å². The van der Waals surface area contributed by atoms with Crippen LogP contribution in [0.2, 0.25) is 0 Å². The summed E-state index contributed by atoms with van der Waals surface area (Å²) in [5.41, 5.74) is 7.86. The summed E-state index contributed by atoms with van der Waals surface area (Å²) < 4.78 is 1.98. The molecule has 162 valence electrons. The summed E-state index contributed by atoms with van der Waals surface area (Å²) in [5.74, 6) is 0.232. The molecule has 1 amide bonds. The second-order valence-electron chi connectivity index (χ2n) is 7.84. The fraction of sp³-hybridized carbons (Fsp3) is 0.320. The Balaban J connectivity index is 1.91. The van der Waals surface area contributed by atoms with Crippen LogP contribution in [0.25, 0.3) is 0 Å². The summed E-state index contributed by atoms with van der Waals surface area (Å²) >= 11 is 0. The Bertz CT molecular complexity index is 1130. The summed E-state index contributed by atoms with van der Waals surface area (Å²) in [6, 6.07) is 13.7. The molecule has 0 aliphatic heterocycles. The van der Waals surface area contributed by atoms with Crippen molar-refractivity contribution in [2.24, 2.45) is 4.99 Å². The first-order valence-electron chi connectivity index (χ1n) is 10.6. The summed E-state index contributed by atoms with van der Waals surface area (Å²) in [7, 11) is 0. The van der Waals surface area contributed by atoms with Crippen molar-refractivity contribution in [3.63, 3.8) is 0 Å². The summed E-state index contributed by atoms with van der Waals surface area (Å²) in [6.07, 6.45) is 0. The van der Waals surface area contributed by atoms with Crippen molar-refractivity contribution in [1.29, 1.82) is 0 Å². The number of aliphatic imine (C=N–C) groups is 1. The molecule has 2 N–H and O–H groups in total. The Labute approximate surface area is 184 Å². The first kappa shape index (κ1) is 22.3. The standard InChI is InChI=1S/C25H31N5O/c1-7-30-20(6)22(19(5)29-30)15-26-25(27-23-13-12-16(2)14-18(23)4)28-24(31)21-11-9-8-10-17(21)3/h8-14H,7,15H2,1-6H3,(H2,26,27,28,31). The molecule has 1 aromatic heterocycles. The highest BCUT2D eigenvalue weighted by molar-refractivity contribution is 6.10. The number of nitrogens with one attached hydrogen (secondary N) is 2. The van der Waals surface area contributed by atoms with Crippen LogP contribution in [0.4, 0.5) is 5.69 Å². The second-order valence-corrected chi connectivity index (χ2v) is 7.84. The molecule has 0 saturated heterocycles. The van der Waals surface area contributed by atoms with Crippen LogP contribution in [-0.4, -0.2) is 21.6 Å². The Morgan fingerprint density at radius 2 is 1.77 bits per heavy atom. The van der Waals surface area contributed by atoms with E-state index in [1.165, 1.54) is 5.56 Å². The van der Waals surface area contributed by atoms with E-state index in [1.807, 2.05) is 61.9 Å². The molecule has 31 heavy (non-hydrogen) atoms. The number of hydrogen-bond donors (Lipinski definition) is 2. The van der Waals surface area contributed by atoms with Crippen molar-refractivity contribution in [1.82, 2.24) is 15.1 Å². The zero-order chi connectivity index (χ0) is 22.5. The molecule has 0 fully saturated rings. The zero-order valence-electron chi connectivity index (χ0n) is 19.2. The van der Waals surface area contributed by atoms with Crippen molar-refractivity contribution >= 4 is 17.6 Å². The lowest BCUT2D eigenvalue weighted by molar-refractivity contribution is 0.0976. The minimum atomic E-state index is -0.188. The fourth-order valence-corrected chi connectivity index (χ4v) is 3.62. The van der Waals surface area contributed by atoms with Crippen LogP contribution >= 0.6 is 0 Å². The summed E-state index contributed by atoms with van der Waals surface area (Å²) in [4.78, 5) is 17.7. The normalized spacial score (nSPS) is 11.5. The third-order valence-electron chi connectivity index (χ3n) is 5.48. The number of carbonyl (C=O) groups is 1. The van der Waals surface area contributed by atoms with Crippen molar-refractivity contribution in [3.05, 3.63) is 81.7 Å². The Morgan fingerprint density at radius 3 is 2.42 bits per heavy atom. The van der Waals surface area contributed by atoms with Gasteiger partial charge in [0.2, 0.25) is 5.96 Å². The monoisotopic (exact) mass is 417 g/mol. The molecular weight excluding hydrogens is 386 g/mol. The molecule has 1 heterocycles.